The third-order valence-electron chi connectivity index (χ3n) is 6.12. The number of likely N-dealkylation sites (N-methyl/N-ethyl adjacent to an activating group) is 1. The average Bonchev–Trinajstić information content (AvgIpc) is 3.40. The summed E-state index contributed by atoms with van der Waals surface area (Å²) in [6, 6.07) is 14.7. The molecule has 0 saturated carbocycles. The van der Waals surface area contributed by atoms with Crippen LogP contribution in [0.15, 0.2) is 67.4 Å². The van der Waals surface area contributed by atoms with Crippen molar-refractivity contribution in [2.75, 3.05) is 49.0 Å². The Balaban J connectivity index is 1.45. The maximum absolute atomic E-state index is 11.8. The molecule has 1 atom stereocenters. The molecule has 11 nitrogen and oxygen atoms in total. The van der Waals surface area contributed by atoms with E-state index in [0.717, 1.165) is 17.8 Å². The maximum Gasteiger partial charge on any atom is 0.267 e. The van der Waals surface area contributed by atoms with Crippen molar-refractivity contribution >= 4 is 38.9 Å². The molecule has 1 aliphatic heterocycles. The van der Waals surface area contributed by atoms with Crippen LogP contribution in [0.2, 0.25) is 0 Å². The minimum absolute atomic E-state index is 0.108. The first kappa shape index (κ1) is 26.9. The van der Waals surface area contributed by atoms with Crippen molar-refractivity contribution in [1.82, 2.24) is 14.3 Å². The van der Waals surface area contributed by atoms with Gasteiger partial charge in [-0.25, -0.2) is 17.7 Å². The molecule has 1 aliphatic rings. The summed E-state index contributed by atoms with van der Waals surface area (Å²) >= 11 is 0. The quantitative estimate of drug-likeness (QED) is 0.372. The fourth-order valence-electron chi connectivity index (χ4n) is 4.02. The number of carbonyl (C=O) groups excluding carboxylic acids is 1. The van der Waals surface area contributed by atoms with Gasteiger partial charge in [-0.05, 0) is 48.9 Å². The molecule has 200 valence electrons. The first-order valence-electron chi connectivity index (χ1n) is 11.8. The molecule has 1 aromatic heterocycles. The zero-order valence-electron chi connectivity index (χ0n) is 21.4. The van der Waals surface area contributed by atoms with E-state index in [9.17, 15) is 13.2 Å². The van der Waals surface area contributed by atoms with E-state index in [0.29, 0.717) is 36.2 Å². The van der Waals surface area contributed by atoms with Gasteiger partial charge in [-0.3, -0.25) is 4.79 Å². The van der Waals surface area contributed by atoms with Crippen molar-refractivity contribution < 1.29 is 22.7 Å². The molecule has 12 heteroatoms. The summed E-state index contributed by atoms with van der Waals surface area (Å²) in [5.74, 6) is 0.962. The Labute approximate surface area is 222 Å². The van der Waals surface area contributed by atoms with Gasteiger partial charge >= 0.3 is 0 Å². The lowest BCUT2D eigenvalue weighted by Crippen LogP contribution is -2.36. The molecule has 2 heterocycles. The number of carbonyl (C=O) groups is 1. The SMILES string of the molecule is C=CC(=O)Nc1cccc(Oc2nc(Nc3ccc(N(C)C4CCN(S(C)(=O)=O)C4)cc3)ncc2OC)c1. The minimum Gasteiger partial charge on any atom is -0.490 e. The molecule has 3 aromatic rings. The van der Waals surface area contributed by atoms with Gasteiger partial charge in [-0.15, -0.1) is 0 Å². The summed E-state index contributed by atoms with van der Waals surface area (Å²) in [5, 5.41) is 5.84. The van der Waals surface area contributed by atoms with Crippen molar-refractivity contribution in [3.05, 3.63) is 67.4 Å². The second-order valence-electron chi connectivity index (χ2n) is 8.74. The Bertz CT molecular complexity index is 1410. The van der Waals surface area contributed by atoms with Crippen LogP contribution in [0.4, 0.5) is 23.0 Å². The highest BCUT2D eigenvalue weighted by Crippen LogP contribution is 2.32. The van der Waals surface area contributed by atoms with Crippen molar-refractivity contribution in [2.24, 2.45) is 0 Å². The highest BCUT2D eigenvalue weighted by Gasteiger charge is 2.31. The highest BCUT2D eigenvalue weighted by molar-refractivity contribution is 7.88. The predicted molar refractivity (Wildman–Crippen MR) is 147 cm³/mol. The fourth-order valence-corrected chi connectivity index (χ4v) is 4.90. The average molecular weight is 539 g/mol. The number of rotatable bonds is 10. The Kier molecular flexibility index (Phi) is 8.13. The number of aromatic nitrogens is 2. The van der Waals surface area contributed by atoms with E-state index in [1.54, 1.807) is 24.3 Å². The molecular formula is C26H30N6O5S. The normalized spacial score (nSPS) is 15.5. The van der Waals surface area contributed by atoms with Crippen LogP contribution >= 0.6 is 0 Å². The summed E-state index contributed by atoms with van der Waals surface area (Å²) in [4.78, 5) is 22.4. The van der Waals surface area contributed by atoms with Gasteiger partial charge in [0.15, 0.2) is 5.75 Å². The first-order valence-corrected chi connectivity index (χ1v) is 13.7. The van der Waals surface area contributed by atoms with Gasteiger partial charge in [0.2, 0.25) is 21.9 Å². The third kappa shape index (κ3) is 6.58. The van der Waals surface area contributed by atoms with Crippen molar-refractivity contribution in [1.29, 1.82) is 0 Å². The summed E-state index contributed by atoms with van der Waals surface area (Å²) < 4.78 is 36.5. The number of sulfonamides is 1. The number of hydrogen-bond acceptors (Lipinski definition) is 9. The molecule has 1 fully saturated rings. The van der Waals surface area contributed by atoms with E-state index >= 15 is 0 Å². The van der Waals surface area contributed by atoms with Crippen LogP contribution in [0.3, 0.4) is 0 Å². The van der Waals surface area contributed by atoms with Crippen molar-refractivity contribution in [3.8, 4) is 17.4 Å². The van der Waals surface area contributed by atoms with Crippen LogP contribution in [-0.4, -0.2) is 68.1 Å². The number of anilines is 4. The van der Waals surface area contributed by atoms with E-state index in [2.05, 4.69) is 32.1 Å². The van der Waals surface area contributed by atoms with Crippen LogP contribution in [0.1, 0.15) is 6.42 Å². The summed E-state index contributed by atoms with van der Waals surface area (Å²) in [5.41, 5.74) is 2.28. The van der Waals surface area contributed by atoms with Crippen LogP contribution in [0.25, 0.3) is 0 Å². The molecule has 0 aliphatic carbocycles. The maximum atomic E-state index is 11.8. The van der Waals surface area contributed by atoms with Crippen LogP contribution in [-0.2, 0) is 14.8 Å². The smallest absolute Gasteiger partial charge is 0.267 e. The summed E-state index contributed by atoms with van der Waals surface area (Å²) in [6.07, 6.45) is 4.71. The molecule has 2 aromatic carbocycles. The summed E-state index contributed by atoms with van der Waals surface area (Å²) in [6.45, 7) is 4.45. The first-order chi connectivity index (χ1) is 18.2. The number of ether oxygens (including phenoxy) is 2. The van der Waals surface area contributed by atoms with Gasteiger partial charge in [-0.1, -0.05) is 12.6 Å². The van der Waals surface area contributed by atoms with Crippen LogP contribution in [0.5, 0.6) is 17.4 Å². The monoisotopic (exact) mass is 538 g/mol. The Morgan fingerprint density at radius 1 is 1.21 bits per heavy atom. The third-order valence-corrected chi connectivity index (χ3v) is 7.39. The topological polar surface area (TPSA) is 126 Å². The molecule has 0 spiro atoms. The minimum atomic E-state index is -3.19. The van der Waals surface area contributed by atoms with Gasteiger partial charge in [0.05, 0.1) is 19.6 Å². The van der Waals surface area contributed by atoms with Crippen molar-refractivity contribution in [3.63, 3.8) is 0 Å². The number of amides is 1. The molecule has 0 radical (unpaired) electrons. The molecule has 2 N–H and O–H groups in total. The van der Waals surface area contributed by atoms with E-state index in [4.69, 9.17) is 9.47 Å². The van der Waals surface area contributed by atoms with Crippen molar-refractivity contribution in [2.45, 2.75) is 12.5 Å². The second kappa shape index (κ2) is 11.5. The Hall–Kier alpha value is -4.16. The zero-order valence-corrected chi connectivity index (χ0v) is 22.2. The summed E-state index contributed by atoms with van der Waals surface area (Å²) in [7, 11) is 0.273. The standard InChI is InChI=1S/C26H30N6O5S/c1-5-24(33)28-19-7-6-8-22(15-19)37-25-23(36-3)16-27-26(30-25)29-18-9-11-20(12-10-18)31(2)21-13-14-32(17-21)38(4,34)35/h5-12,15-16,21H,1,13-14,17H2,2-4H3,(H,28,33)(H,27,29,30). The van der Waals surface area contributed by atoms with E-state index < -0.39 is 10.0 Å². The van der Waals surface area contributed by atoms with Gasteiger partial charge in [-0.2, -0.15) is 4.98 Å². The zero-order chi connectivity index (χ0) is 27.3. The van der Waals surface area contributed by atoms with Gasteiger partial charge in [0.25, 0.3) is 5.88 Å². The van der Waals surface area contributed by atoms with E-state index in [1.165, 1.54) is 29.9 Å². The number of benzene rings is 2. The van der Waals surface area contributed by atoms with Crippen LogP contribution < -0.4 is 25.0 Å². The van der Waals surface area contributed by atoms with Gasteiger partial charge in [0, 0.05) is 49.3 Å². The predicted octanol–water partition coefficient (Wildman–Crippen LogP) is 3.62. The van der Waals surface area contributed by atoms with Gasteiger partial charge in [0.1, 0.15) is 5.75 Å². The molecule has 38 heavy (non-hydrogen) atoms. The fraction of sp³-hybridized carbons (Fsp3) is 0.269. The molecule has 4 rings (SSSR count). The lowest BCUT2D eigenvalue weighted by molar-refractivity contribution is -0.111. The molecule has 1 amide bonds. The Morgan fingerprint density at radius 3 is 2.63 bits per heavy atom. The second-order valence-corrected chi connectivity index (χ2v) is 10.7. The largest absolute Gasteiger partial charge is 0.490 e. The van der Waals surface area contributed by atoms with E-state index in [1.807, 2.05) is 31.3 Å². The number of nitrogens with one attached hydrogen (secondary N) is 2. The van der Waals surface area contributed by atoms with Crippen LogP contribution in [0, 0.1) is 0 Å². The molecule has 1 saturated heterocycles. The van der Waals surface area contributed by atoms with E-state index in [-0.39, 0.29) is 17.8 Å². The Morgan fingerprint density at radius 2 is 1.97 bits per heavy atom. The lowest BCUT2D eigenvalue weighted by Gasteiger charge is -2.27. The lowest BCUT2D eigenvalue weighted by atomic mass is 10.2. The number of hydrogen-bond donors (Lipinski definition) is 2. The highest BCUT2D eigenvalue weighted by atomic mass is 32.2. The molecular weight excluding hydrogens is 508 g/mol. The number of methoxy groups -OCH3 is 1. The van der Waals surface area contributed by atoms with Gasteiger partial charge < -0.3 is 25.0 Å². The molecule has 1 unspecified atom stereocenters. The molecule has 0 bridgehead atoms. The number of nitrogens with zero attached hydrogens (tertiary/aromatic N) is 4.